The van der Waals surface area contributed by atoms with Crippen LogP contribution in [0.1, 0.15) is 0 Å². The molecule has 0 spiro atoms. The first-order chi connectivity index (χ1) is 8.78. The maximum atomic E-state index is 5.89. The minimum atomic E-state index is 0.557. The highest BCUT2D eigenvalue weighted by Crippen LogP contribution is 2.24. The van der Waals surface area contributed by atoms with Gasteiger partial charge in [0.25, 0.3) is 0 Å². The molecule has 3 N–H and O–H groups in total. The van der Waals surface area contributed by atoms with Gasteiger partial charge in [-0.2, -0.15) is 0 Å². The molecule has 0 unspecified atom stereocenters. The summed E-state index contributed by atoms with van der Waals surface area (Å²) in [5, 5.41) is 3.73. The van der Waals surface area contributed by atoms with E-state index < -0.39 is 0 Å². The number of nitrogens with one attached hydrogen (secondary N) is 1. The molecule has 0 saturated carbocycles. The standard InChI is InChI=1S/C13H14ClN3O/c14-10-2-1-3-11(8-10)18-12-4-6-16-13(9-12)17-7-5-15/h1-4,6,8-9H,5,7,15H2,(H,16,17). The molecule has 0 fully saturated rings. The van der Waals surface area contributed by atoms with Crippen LogP contribution in [0.5, 0.6) is 11.5 Å². The van der Waals surface area contributed by atoms with Crippen molar-refractivity contribution in [2.75, 3.05) is 18.4 Å². The number of ether oxygens (including phenoxy) is 1. The van der Waals surface area contributed by atoms with E-state index in [0.717, 1.165) is 5.82 Å². The van der Waals surface area contributed by atoms with Crippen molar-refractivity contribution in [3.05, 3.63) is 47.6 Å². The van der Waals surface area contributed by atoms with E-state index in [1.165, 1.54) is 0 Å². The molecular weight excluding hydrogens is 250 g/mol. The van der Waals surface area contributed by atoms with E-state index in [0.29, 0.717) is 29.6 Å². The normalized spacial score (nSPS) is 10.1. The average molecular weight is 264 g/mol. The lowest BCUT2D eigenvalue weighted by Crippen LogP contribution is -2.13. The van der Waals surface area contributed by atoms with Crippen molar-refractivity contribution in [3.8, 4) is 11.5 Å². The molecule has 0 bridgehead atoms. The van der Waals surface area contributed by atoms with Crippen LogP contribution in [0, 0.1) is 0 Å². The summed E-state index contributed by atoms with van der Waals surface area (Å²) in [6.45, 7) is 1.23. The van der Waals surface area contributed by atoms with Crippen LogP contribution in [-0.2, 0) is 0 Å². The topological polar surface area (TPSA) is 60.2 Å². The minimum Gasteiger partial charge on any atom is -0.457 e. The lowest BCUT2D eigenvalue weighted by molar-refractivity contribution is 0.482. The number of aromatic nitrogens is 1. The smallest absolute Gasteiger partial charge is 0.132 e. The number of pyridine rings is 1. The van der Waals surface area contributed by atoms with Crippen molar-refractivity contribution in [2.24, 2.45) is 5.73 Å². The number of nitrogens with zero attached hydrogens (tertiary/aromatic N) is 1. The molecule has 1 aromatic carbocycles. The summed E-state index contributed by atoms with van der Waals surface area (Å²) in [6, 6.07) is 10.8. The summed E-state index contributed by atoms with van der Waals surface area (Å²) in [6.07, 6.45) is 1.68. The highest BCUT2D eigenvalue weighted by Gasteiger charge is 2.00. The van der Waals surface area contributed by atoms with Crippen LogP contribution in [0.4, 0.5) is 5.82 Å². The van der Waals surface area contributed by atoms with Crippen LogP contribution in [0.15, 0.2) is 42.6 Å². The zero-order chi connectivity index (χ0) is 12.8. The van der Waals surface area contributed by atoms with Gasteiger partial charge in [0.2, 0.25) is 0 Å². The molecule has 0 aliphatic rings. The molecule has 5 heteroatoms. The average Bonchev–Trinajstić information content (AvgIpc) is 2.37. The lowest BCUT2D eigenvalue weighted by atomic mass is 10.3. The number of halogens is 1. The molecule has 0 radical (unpaired) electrons. The summed E-state index contributed by atoms with van der Waals surface area (Å²) in [5.74, 6) is 2.13. The molecule has 0 atom stereocenters. The van der Waals surface area contributed by atoms with Gasteiger partial charge in [0.15, 0.2) is 0 Å². The maximum absolute atomic E-state index is 5.89. The van der Waals surface area contributed by atoms with E-state index in [2.05, 4.69) is 10.3 Å². The second-order valence-corrected chi connectivity index (χ2v) is 4.09. The molecule has 4 nitrogen and oxygen atoms in total. The zero-order valence-electron chi connectivity index (χ0n) is 9.77. The summed E-state index contributed by atoms with van der Waals surface area (Å²) in [4.78, 5) is 4.16. The third-order valence-corrected chi connectivity index (χ3v) is 2.45. The van der Waals surface area contributed by atoms with Crippen molar-refractivity contribution in [2.45, 2.75) is 0 Å². The molecule has 0 amide bonds. The first-order valence-electron chi connectivity index (χ1n) is 5.61. The molecule has 0 aliphatic heterocycles. The molecule has 0 saturated heterocycles. The minimum absolute atomic E-state index is 0.557. The quantitative estimate of drug-likeness (QED) is 0.871. The van der Waals surface area contributed by atoms with Gasteiger partial charge in [0, 0.05) is 30.4 Å². The van der Waals surface area contributed by atoms with Crippen molar-refractivity contribution in [1.82, 2.24) is 4.98 Å². The second kappa shape index (κ2) is 6.23. The second-order valence-electron chi connectivity index (χ2n) is 3.65. The van der Waals surface area contributed by atoms with Crippen LogP contribution in [-0.4, -0.2) is 18.1 Å². The van der Waals surface area contributed by atoms with Gasteiger partial charge in [0.1, 0.15) is 17.3 Å². The fourth-order valence-corrected chi connectivity index (χ4v) is 1.62. The highest BCUT2D eigenvalue weighted by molar-refractivity contribution is 6.30. The third-order valence-electron chi connectivity index (χ3n) is 2.21. The Labute approximate surface area is 111 Å². The largest absolute Gasteiger partial charge is 0.457 e. The number of anilines is 1. The van der Waals surface area contributed by atoms with Crippen LogP contribution < -0.4 is 15.8 Å². The van der Waals surface area contributed by atoms with E-state index in [-0.39, 0.29) is 0 Å². The van der Waals surface area contributed by atoms with Gasteiger partial charge in [-0.15, -0.1) is 0 Å². The van der Waals surface area contributed by atoms with Crippen molar-refractivity contribution in [1.29, 1.82) is 0 Å². The van der Waals surface area contributed by atoms with Crippen molar-refractivity contribution < 1.29 is 4.74 Å². The molecule has 0 aliphatic carbocycles. The van der Waals surface area contributed by atoms with E-state index in [9.17, 15) is 0 Å². The van der Waals surface area contributed by atoms with Gasteiger partial charge in [-0.05, 0) is 24.3 Å². The fourth-order valence-electron chi connectivity index (χ4n) is 1.44. The molecule has 18 heavy (non-hydrogen) atoms. The number of hydrogen-bond acceptors (Lipinski definition) is 4. The Morgan fingerprint density at radius 3 is 2.83 bits per heavy atom. The first-order valence-corrected chi connectivity index (χ1v) is 5.99. The third kappa shape index (κ3) is 3.61. The van der Waals surface area contributed by atoms with E-state index in [1.54, 1.807) is 24.4 Å². The SMILES string of the molecule is NCCNc1cc(Oc2cccc(Cl)c2)ccn1. The van der Waals surface area contributed by atoms with Crippen LogP contribution >= 0.6 is 11.6 Å². The summed E-state index contributed by atoms with van der Waals surface area (Å²) in [5.41, 5.74) is 5.42. The zero-order valence-corrected chi connectivity index (χ0v) is 10.5. The fraction of sp³-hybridized carbons (Fsp3) is 0.154. The molecule has 1 heterocycles. The summed E-state index contributed by atoms with van der Waals surface area (Å²) < 4.78 is 5.68. The predicted molar refractivity (Wildman–Crippen MR) is 73.3 cm³/mol. The van der Waals surface area contributed by atoms with E-state index in [1.807, 2.05) is 18.2 Å². The lowest BCUT2D eigenvalue weighted by Gasteiger charge is -2.08. The van der Waals surface area contributed by atoms with Gasteiger partial charge in [-0.3, -0.25) is 0 Å². The Kier molecular flexibility index (Phi) is 4.39. The van der Waals surface area contributed by atoms with Gasteiger partial charge in [-0.25, -0.2) is 4.98 Å². The molecule has 1 aromatic heterocycles. The van der Waals surface area contributed by atoms with Gasteiger partial charge in [-0.1, -0.05) is 17.7 Å². The number of hydrogen-bond donors (Lipinski definition) is 2. The van der Waals surface area contributed by atoms with Crippen LogP contribution in [0.3, 0.4) is 0 Å². The Bertz CT molecular complexity index is 519. The molecule has 2 aromatic rings. The van der Waals surface area contributed by atoms with Crippen LogP contribution in [0.25, 0.3) is 0 Å². The summed E-state index contributed by atoms with van der Waals surface area (Å²) in [7, 11) is 0. The van der Waals surface area contributed by atoms with Crippen molar-refractivity contribution >= 4 is 17.4 Å². The Morgan fingerprint density at radius 1 is 1.22 bits per heavy atom. The van der Waals surface area contributed by atoms with E-state index >= 15 is 0 Å². The maximum Gasteiger partial charge on any atom is 0.132 e. The number of nitrogens with two attached hydrogens (primary N) is 1. The predicted octanol–water partition coefficient (Wildman–Crippen LogP) is 2.90. The Hall–Kier alpha value is -1.78. The van der Waals surface area contributed by atoms with Crippen molar-refractivity contribution in [3.63, 3.8) is 0 Å². The summed E-state index contributed by atoms with van der Waals surface area (Å²) >= 11 is 5.89. The molecular formula is C13H14ClN3O. The first kappa shape index (κ1) is 12.7. The van der Waals surface area contributed by atoms with Gasteiger partial charge >= 0.3 is 0 Å². The van der Waals surface area contributed by atoms with E-state index in [4.69, 9.17) is 22.1 Å². The number of benzene rings is 1. The monoisotopic (exact) mass is 263 g/mol. The molecule has 94 valence electrons. The highest BCUT2D eigenvalue weighted by atomic mass is 35.5. The van der Waals surface area contributed by atoms with Gasteiger partial charge < -0.3 is 15.8 Å². The molecule has 2 rings (SSSR count). The Balaban J connectivity index is 2.09. The Morgan fingerprint density at radius 2 is 2.06 bits per heavy atom. The number of rotatable bonds is 5. The van der Waals surface area contributed by atoms with Crippen LogP contribution in [0.2, 0.25) is 5.02 Å². The van der Waals surface area contributed by atoms with Gasteiger partial charge in [0.05, 0.1) is 0 Å².